The fourth-order valence-corrected chi connectivity index (χ4v) is 5.38. The van der Waals surface area contributed by atoms with Crippen LogP contribution in [-0.4, -0.2) is 80.4 Å². The molecule has 0 aliphatic heterocycles. The van der Waals surface area contributed by atoms with Gasteiger partial charge in [-0.1, -0.05) is 13.5 Å². The van der Waals surface area contributed by atoms with Gasteiger partial charge in [0, 0.05) is 24.5 Å². The van der Waals surface area contributed by atoms with Crippen molar-refractivity contribution in [3.8, 4) is 11.5 Å². The van der Waals surface area contributed by atoms with Crippen LogP contribution in [0, 0.1) is 23.7 Å². The van der Waals surface area contributed by atoms with Crippen LogP contribution in [0.1, 0.15) is 49.0 Å². The van der Waals surface area contributed by atoms with Crippen LogP contribution in [0.5, 0.6) is 11.5 Å². The van der Waals surface area contributed by atoms with Gasteiger partial charge in [-0.15, -0.1) is 0 Å². The molecule has 15 heteroatoms. The summed E-state index contributed by atoms with van der Waals surface area (Å²) in [7, 11) is 4.07. The first-order valence-electron chi connectivity index (χ1n) is 15.0. The van der Waals surface area contributed by atoms with Crippen molar-refractivity contribution in [1.29, 1.82) is 0 Å². The van der Waals surface area contributed by atoms with Gasteiger partial charge in [-0.25, -0.2) is 9.59 Å². The van der Waals surface area contributed by atoms with E-state index in [4.69, 9.17) is 19.9 Å². The fraction of sp³-hybridized carbons (Fsp3) is 0.412. The number of nitrogens with two attached hydrogens (primary N) is 1. The largest absolute Gasteiger partial charge is 0.493 e. The molecule has 0 heterocycles. The highest BCUT2D eigenvalue weighted by atomic mass is 16.5. The summed E-state index contributed by atoms with van der Waals surface area (Å²) in [6, 6.07) is 9.25. The van der Waals surface area contributed by atoms with E-state index in [0.29, 0.717) is 24.5 Å². The highest BCUT2D eigenvalue weighted by Gasteiger charge is 2.63. The summed E-state index contributed by atoms with van der Waals surface area (Å²) in [5.74, 6) is -10.9. The molecule has 15 nitrogen and oxygen atoms in total. The van der Waals surface area contributed by atoms with Crippen molar-refractivity contribution in [1.82, 2.24) is 5.32 Å². The van der Waals surface area contributed by atoms with Gasteiger partial charge in [-0.2, -0.15) is 0 Å². The third-order valence-electron chi connectivity index (χ3n) is 7.76. The number of unbranched alkanes of at least 4 members (excludes halogenated alkanes) is 3. The van der Waals surface area contributed by atoms with E-state index in [1.807, 2.05) is 0 Å². The van der Waals surface area contributed by atoms with Crippen molar-refractivity contribution in [3.63, 3.8) is 0 Å². The van der Waals surface area contributed by atoms with Crippen LogP contribution in [0.15, 0.2) is 42.5 Å². The molecule has 1 saturated carbocycles. The highest BCUT2D eigenvalue weighted by Crippen LogP contribution is 2.47. The lowest BCUT2D eigenvalue weighted by Crippen LogP contribution is -2.62. The number of esters is 2. The van der Waals surface area contributed by atoms with Gasteiger partial charge >= 0.3 is 23.9 Å². The van der Waals surface area contributed by atoms with E-state index in [-0.39, 0.29) is 31.0 Å². The number of carboxylic acid groups (broad SMARTS) is 2. The quantitative estimate of drug-likeness (QED) is 0.0698. The van der Waals surface area contributed by atoms with Crippen LogP contribution in [0.2, 0.25) is 0 Å². The number of hydrogen-bond acceptors (Lipinski definition) is 11. The SMILES string of the molecule is C.CNC(=O)C1C(C(=O)O)C(C(=O)O)C1C(=O)Nc1cc(N)cc(C(=O)OCCCCCCOc2ccc(/C=C/C(=O)OC)cc2OC)c1. The van der Waals surface area contributed by atoms with Crippen molar-refractivity contribution >= 4 is 53.1 Å². The first-order chi connectivity index (χ1) is 22.9. The minimum absolute atomic E-state index is 0. The topological polar surface area (TPSA) is 230 Å². The van der Waals surface area contributed by atoms with Crippen molar-refractivity contribution in [2.24, 2.45) is 23.7 Å². The Morgan fingerprint density at radius 3 is 2.04 bits per heavy atom. The van der Waals surface area contributed by atoms with Crippen molar-refractivity contribution < 1.29 is 57.9 Å². The lowest BCUT2D eigenvalue weighted by atomic mass is 9.55. The van der Waals surface area contributed by atoms with Crippen LogP contribution < -0.4 is 25.8 Å². The minimum atomic E-state index is -1.63. The Morgan fingerprint density at radius 1 is 0.816 bits per heavy atom. The van der Waals surface area contributed by atoms with Crippen molar-refractivity contribution in [3.05, 3.63) is 53.6 Å². The van der Waals surface area contributed by atoms with Gasteiger partial charge in [-0.3, -0.25) is 19.2 Å². The molecule has 1 fully saturated rings. The zero-order chi connectivity index (χ0) is 35.4. The molecule has 0 spiro atoms. The Kier molecular flexibility index (Phi) is 15.1. The normalized spacial score (nSPS) is 17.9. The first kappa shape index (κ1) is 39.6. The van der Waals surface area contributed by atoms with Crippen LogP contribution in [0.25, 0.3) is 6.08 Å². The van der Waals surface area contributed by atoms with Crippen LogP contribution in [0.3, 0.4) is 0 Å². The van der Waals surface area contributed by atoms with Crippen LogP contribution in [0.4, 0.5) is 11.4 Å². The first-order valence-corrected chi connectivity index (χ1v) is 15.0. The number of benzene rings is 2. The van der Waals surface area contributed by atoms with Gasteiger partial charge in [0.2, 0.25) is 11.8 Å². The summed E-state index contributed by atoms with van der Waals surface area (Å²) in [6.45, 7) is 0.553. The molecule has 4 atom stereocenters. The number of carbonyl (C=O) groups excluding carboxylic acids is 4. The number of methoxy groups -OCH3 is 2. The second kappa shape index (κ2) is 18.7. The number of ether oxygens (including phenoxy) is 4. The zero-order valence-electron chi connectivity index (χ0n) is 26.7. The van der Waals surface area contributed by atoms with E-state index in [0.717, 1.165) is 24.8 Å². The summed E-state index contributed by atoms with van der Waals surface area (Å²) < 4.78 is 21.1. The van der Waals surface area contributed by atoms with Crippen LogP contribution >= 0.6 is 0 Å². The van der Waals surface area contributed by atoms with Gasteiger partial charge < -0.3 is 45.5 Å². The second-order valence-corrected chi connectivity index (χ2v) is 10.9. The number of carboxylic acids is 2. The Labute approximate surface area is 283 Å². The molecule has 49 heavy (non-hydrogen) atoms. The van der Waals surface area contributed by atoms with Gasteiger partial charge in [0.25, 0.3) is 0 Å². The summed E-state index contributed by atoms with van der Waals surface area (Å²) in [6.07, 6.45) is 5.77. The molecule has 2 amide bonds. The molecule has 0 bridgehead atoms. The third-order valence-corrected chi connectivity index (χ3v) is 7.76. The van der Waals surface area contributed by atoms with Crippen molar-refractivity contribution in [2.45, 2.75) is 33.1 Å². The smallest absolute Gasteiger partial charge is 0.338 e. The maximum Gasteiger partial charge on any atom is 0.338 e. The van der Waals surface area contributed by atoms with Crippen molar-refractivity contribution in [2.75, 3.05) is 45.5 Å². The predicted octanol–water partition coefficient (Wildman–Crippen LogP) is 3.23. The van der Waals surface area contributed by atoms with Gasteiger partial charge in [-0.05, 0) is 67.7 Å². The standard InChI is InChI=1S/C33H39N3O12.CH4/c1-35-29(38)25-26(28(32(42)43)27(25)31(40)41)30(39)36-21-16-19(15-20(34)17-21)33(44)48-13-7-5-4-6-12-47-22-10-8-18(14-23(22)45-2)9-11-24(37)46-3;/h8-11,14-17,25-28H,4-7,12-13,34H2,1-3H3,(H,35,38)(H,36,39)(H,40,41)(H,42,43);1H4/b11-9+;. The molecule has 1 aliphatic rings. The molecule has 3 rings (SSSR count). The summed E-state index contributed by atoms with van der Waals surface area (Å²) in [5, 5.41) is 23.8. The summed E-state index contributed by atoms with van der Waals surface area (Å²) >= 11 is 0. The monoisotopic (exact) mass is 685 g/mol. The molecule has 2 aromatic rings. The number of nitrogens with one attached hydrogen (secondary N) is 2. The maximum absolute atomic E-state index is 13.1. The molecule has 0 radical (unpaired) electrons. The Morgan fingerprint density at radius 2 is 1.45 bits per heavy atom. The van der Waals surface area contributed by atoms with E-state index in [1.54, 1.807) is 24.3 Å². The number of nitrogen functional groups attached to an aromatic ring is 1. The molecular weight excluding hydrogens is 642 g/mol. The Bertz CT molecular complexity index is 1560. The maximum atomic E-state index is 13.1. The number of carbonyl (C=O) groups is 6. The molecule has 266 valence electrons. The van der Waals surface area contributed by atoms with E-state index in [2.05, 4.69) is 15.4 Å². The average molecular weight is 686 g/mol. The average Bonchev–Trinajstić information content (AvgIpc) is 3.03. The lowest BCUT2D eigenvalue weighted by Gasteiger charge is -2.45. The predicted molar refractivity (Wildman–Crippen MR) is 178 cm³/mol. The molecule has 6 N–H and O–H groups in total. The molecule has 0 aromatic heterocycles. The number of anilines is 2. The number of rotatable bonds is 17. The lowest BCUT2D eigenvalue weighted by molar-refractivity contribution is -0.180. The summed E-state index contributed by atoms with van der Waals surface area (Å²) in [4.78, 5) is 72.8. The molecule has 1 aliphatic carbocycles. The van der Waals surface area contributed by atoms with E-state index < -0.39 is 59.4 Å². The van der Waals surface area contributed by atoms with E-state index >= 15 is 0 Å². The summed E-state index contributed by atoms with van der Waals surface area (Å²) in [5.41, 5.74) is 6.85. The molecule has 2 aromatic carbocycles. The van der Waals surface area contributed by atoms with E-state index in [9.17, 15) is 39.0 Å². The second-order valence-electron chi connectivity index (χ2n) is 10.9. The minimum Gasteiger partial charge on any atom is -0.493 e. The number of hydrogen-bond donors (Lipinski definition) is 5. The Hall–Kier alpha value is -5.60. The Balaban J connectivity index is 0.00000833. The third kappa shape index (κ3) is 10.4. The fourth-order valence-electron chi connectivity index (χ4n) is 5.38. The molecule has 0 saturated heterocycles. The number of amides is 2. The molecular formula is C34H43N3O12. The highest BCUT2D eigenvalue weighted by molar-refractivity contribution is 6.04. The van der Waals surface area contributed by atoms with Gasteiger partial charge in [0.15, 0.2) is 11.5 Å². The zero-order valence-corrected chi connectivity index (χ0v) is 26.7. The molecule has 4 unspecified atom stereocenters. The van der Waals surface area contributed by atoms with Gasteiger partial charge in [0.1, 0.15) is 0 Å². The van der Waals surface area contributed by atoms with Gasteiger partial charge in [0.05, 0.1) is 56.7 Å². The van der Waals surface area contributed by atoms with E-state index in [1.165, 1.54) is 45.5 Å². The van der Waals surface area contributed by atoms with Crippen LogP contribution in [-0.2, 0) is 33.4 Å². The number of aliphatic carboxylic acids is 2.